The molecule has 1 aliphatic rings. The molecule has 1 atom stereocenters. The summed E-state index contributed by atoms with van der Waals surface area (Å²) in [7, 11) is 0. The lowest BCUT2D eigenvalue weighted by atomic mass is 10.0. The normalized spacial score (nSPS) is 17.0. The van der Waals surface area contributed by atoms with Gasteiger partial charge in [-0.25, -0.2) is 4.39 Å². The molecular formula is C15H16Cl3FN2S. The molecule has 2 aromatic rings. The third kappa shape index (κ3) is 3.94. The van der Waals surface area contributed by atoms with Crippen LogP contribution >= 0.6 is 46.9 Å². The van der Waals surface area contributed by atoms with Gasteiger partial charge in [0.2, 0.25) is 0 Å². The van der Waals surface area contributed by atoms with Crippen LogP contribution in [0.5, 0.6) is 0 Å². The topological polar surface area (TPSA) is 15.3 Å². The second-order valence-electron chi connectivity index (χ2n) is 5.00. The Morgan fingerprint density at radius 3 is 2.45 bits per heavy atom. The molecule has 1 fully saturated rings. The van der Waals surface area contributed by atoms with Gasteiger partial charge >= 0.3 is 0 Å². The smallest absolute Gasteiger partial charge is 0.142 e. The van der Waals surface area contributed by atoms with Crippen LogP contribution in [0.25, 0.3) is 0 Å². The Hall–Kier alpha value is -0.360. The molecule has 0 aliphatic carbocycles. The average Bonchev–Trinajstić information content (AvgIpc) is 2.90. The molecule has 1 N–H and O–H groups in total. The van der Waals surface area contributed by atoms with E-state index < -0.39 is 0 Å². The van der Waals surface area contributed by atoms with E-state index in [-0.39, 0.29) is 29.3 Å². The average molecular weight is 382 g/mol. The molecule has 2 heterocycles. The lowest BCUT2D eigenvalue weighted by Gasteiger charge is -2.34. The maximum absolute atomic E-state index is 13.8. The zero-order valence-electron chi connectivity index (χ0n) is 11.7. The van der Waals surface area contributed by atoms with Crippen LogP contribution in [0, 0.1) is 5.82 Å². The molecule has 0 unspecified atom stereocenters. The van der Waals surface area contributed by atoms with Gasteiger partial charge in [-0.15, -0.1) is 23.7 Å². The van der Waals surface area contributed by atoms with Gasteiger partial charge in [0.25, 0.3) is 0 Å². The van der Waals surface area contributed by atoms with E-state index in [0.717, 1.165) is 41.0 Å². The van der Waals surface area contributed by atoms with E-state index >= 15 is 0 Å². The van der Waals surface area contributed by atoms with Crippen LogP contribution in [0.15, 0.2) is 30.3 Å². The molecule has 7 heteroatoms. The number of piperazine rings is 1. The summed E-state index contributed by atoms with van der Waals surface area (Å²) in [5, 5.41) is 3.49. The van der Waals surface area contributed by atoms with Crippen LogP contribution in [-0.4, -0.2) is 31.1 Å². The number of rotatable bonds is 3. The van der Waals surface area contributed by atoms with Gasteiger partial charge in [-0.3, -0.25) is 4.90 Å². The largest absolute Gasteiger partial charge is 0.314 e. The molecule has 0 amide bonds. The molecule has 22 heavy (non-hydrogen) atoms. The van der Waals surface area contributed by atoms with Crippen LogP contribution < -0.4 is 5.32 Å². The van der Waals surface area contributed by atoms with Gasteiger partial charge in [0.1, 0.15) is 5.82 Å². The summed E-state index contributed by atoms with van der Waals surface area (Å²) in [6.07, 6.45) is 0. The van der Waals surface area contributed by atoms with E-state index in [4.69, 9.17) is 23.2 Å². The predicted molar refractivity (Wildman–Crippen MR) is 94.3 cm³/mol. The standard InChI is InChI=1S/C15H15Cl2FN2S.ClH/c16-11-2-1-10(9-12(11)18)15(13-3-4-14(17)21-13)20-7-5-19-6-8-20;/h1-4,9,15,19H,5-8H2;1H/t15-;/m1./s1. The number of hydrogen-bond donors (Lipinski definition) is 1. The number of benzene rings is 1. The Kier molecular flexibility index (Phi) is 6.50. The van der Waals surface area contributed by atoms with Crippen LogP contribution in [-0.2, 0) is 0 Å². The summed E-state index contributed by atoms with van der Waals surface area (Å²) in [6.45, 7) is 3.71. The van der Waals surface area contributed by atoms with Gasteiger partial charge in [-0.05, 0) is 29.8 Å². The quantitative estimate of drug-likeness (QED) is 0.835. The molecule has 2 nitrogen and oxygen atoms in total. The molecule has 1 aromatic heterocycles. The van der Waals surface area contributed by atoms with Crippen LogP contribution in [0.4, 0.5) is 4.39 Å². The van der Waals surface area contributed by atoms with Crippen molar-refractivity contribution in [1.82, 2.24) is 10.2 Å². The van der Waals surface area contributed by atoms with Crippen molar-refractivity contribution < 1.29 is 4.39 Å². The van der Waals surface area contributed by atoms with Gasteiger partial charge in [-0.1, -0.05) is 29.3 Å². The van der Waals surface area contributed by atoms with Gasteiger partial charge < -0.3 is 5.32 Å². The van der Waals surface area contributed by atoms with Gasteiger partial charge in [0.15, 0.2) is 0 Å². The molecule has 1 aromatic carbocycles. The monoisotopic (exact) mass is 380 g/mol. The van der Waals surface area contributed by atoms with Gasteiger partial charge in [0.05, 0.1) is 15.4 Å². The molecule has 3 rings (SSSR count). The Labute approximate surface area is 149 Å². The zero-order chi connectivity index (χ0) is 14.8. The van der Waals surface area contributed by atoms with E-state index in [1.165, 1.54) is 6.07 Å². The minimum absolute atomic E-state index is 0. The van der Waals surface area contributed by atoms with Crippen molar-refractivity contribution in [2.45, 2.75) is 6.04 Å². The van der Waals surface area contributed by atoms with E-state index in [9.17, 15) is 4.39 Å². The minimum Gasteiger partial charge on any atom is -0.314 e. The highest BCUT2D eigenvalue weighted by molar-refractivity contribution is 7.16. The SMILES string of the molecule is Cl.Fc1cc([C@H](c2ccc(Cl)s2)N2CCNCC2)ccc1Cl. The second kappa shape index (κ2) is 7.95. The first-order valence-corrected chi connectivity index (χ1v) is 8.37. The Balaban J connectivity index is 0.00000176. The molecular weight excluding hydrogens is 366 g/mol. The van der Waals surface area contributed by atoms with Crippen molar-refractivity contribution in [1.29, 1.82) is 0 Å². The van der Waals surface area contributed by atoms with E-state index in [2.05, 4.69) is 10.2 Å². The van der Waals surface area contributed by atoms with Crippen molar-refractivity contribution in [3.8, 4) is 0 Å². The molecule has 1 aliphatic heterocycles. The second-order valence-corrected chi connectivity index (χ2v) is 7.16. The van der Waals surface area contributed by atoms with Crippen LogP contribution in [0.1, 0.15) is 16.5 Å². The van der Waals surface area contributed by atoms with E-state index in [1.807, 2.05) is 18.2 Å². The van der Waals surface area contributed by atoms with Crippen molar-refractivity contribution >= 4 is 46.9 Å². The van der Waals surface area contributed by atoms with Crippen LogP contribution in [0.2, 0.25) is 9.36 Å². The maximum Gasteiger partial charge on any atom is 0.142 e. The highest BCUT2D eigenvalue weighted by Crippen LogP contribution is 2.36. The fraction of sp³-hybridized carbons (Fsp3) is 0.333. The number of halogens is 4. The Morgan fingerprint density at radius 1 is 1.14 bits per heavy atom. The summed E-state index contributed by atoms with van der Waals surface area (Å²) in [6, 6.07) is 8.98. The zero-order valence-corrected chi connectivity index (χ0v) is 14.8. The lowest BCUT2D eigenvalue weighted by Crippen LogP contribution is -2.45. The molecule has 0 spiro atoms. The van der Waals surface area contributed by atoms with Crippen molar-refractivity contribution in [3.63, 3.8) is 0 Å². The van der Waals surface area contributed by atoms with E-state index in [1.54, 1.807) is 17.4 Å². The van der Waals surface area contributed by atoms with Crippen molar-refractivity contribution in [2.24, 2.45) is 0 Å². The fourth-order valence-corrected chi connectivity index (χ4v) is 3.99. The molecule has 0 radical (unpaired) electrons. The molecule has 1 saturated heterocycles. The molecule has 120 valence electrons. The maximum atomic E-state index is 13.8. The fourth-order valence-electron chi connectivity index (χ4n) is 2.65. The summed E-state index contributed by atoms with van der Waals surface area (Å²) >= 11 is 13.4. The van der Waals surface area contributed by atoms with Crippen molar-refractivity contribution in [2.75, 3.05) is 26.2 Å². The Bertz CT molecular complexity index is 629. The third-order valence-electron chi connectivity index (χ3n) is 3.64. The summed E-state index contributed by atoms with van der Waals surface area (Å²) in [4.78, 5) is 3.48. The van der Waals surface area contributed by atoms with Crippen molar-refractivity contribution in [3.05, 3.63) is 55.9 Å². The molecule has 0 bridgehead atoms. The number of nitrogens with zero attached hydrogens (tertiary/aromatic N) is 1. The number of thiophene rings is 1. The van der Waals surface area contributed by atoms with Gasteiger partial charge in [-0.2, -0.15) is 0 Å². The summed E-state index contributed by atoms with van der Waals surface area (Å²) in [5.41, 5.74) is 0.914. The first-order chi connectivity index (χ1) is 10.1. The number of hydrogen-bond acceptors (Lipinski definition) is 3. The Morgan fingerprint density at radius 2 is 1.86 bits per heavy atom. The highest BCUT2D eigenvalue weighted by Gasteiger charge is 2.25. The third-order valence-corrected chi connectivity index (χ3v) is 5.23. The molecule has 0 saturated carbocycles. The first-order valence-electron chi connectivity index (χ1n) is 6.80. The van der Waals surface area contributed by atoms with Gasteiger partial charge in [0, 0.05) is 31.1 Å². The minimum atomic E-state index is -0.378. The lowest BCUT2D eigenvalue weighted by molar-refractivity contribution is 0.200. The summed E-state index contributed by atoms with van der Waals surface area (Å²) in [5.74, 6) is -0.378. The highest BCUT2D eigenvalue weighted by atomic mass is 35.5. The summed E-state index contributed by atoms with van der Waals surface area (Å²) < 4.78 is 14.6. The predicted octanol–water partition coefficient (Wildman–Crippen LogP) is 4.61. The van der Waals surface area contributed by atoms with Crippen LogP contribution in [0.3, 0.4) is 0 Å². The first kappa shape index (κ1) is 18.0. The number of nitrogens with one attached hydrogen (secondary N) is 1. The van der Waals surface area contributed by atoms with E-state index in [0.29, 0.717) is 0 Å².